The standard InChI is InChI=1S/C16H14ClFN4OS/c1-23-14-6-2-11(3-7-14)9-22-16(19-20-21-22)24-10-12-4-5-13(18)8-15(12)17/h2-8H,9-10H2,1H3. The van der Waals surface area contributed by atoms with Crippen molar-refractivity contribution in [2.75, 3.05) is 7.11 Å². The maximum Gasteiger partial charge on any atom is 0.209 e. The molecule has 0 N–H and O–H groups in total. The minimum atomic E-state index is -0.349. The normalized spacial score (nSPS) is 10.8. The molecule has 0 saturated carbocycles. The van der Waals surface area contributed by atoms with Crippen molar-refractivity contribution >= 4 is 23.4 Å². The van der Waals surface area contributed by atoms with Gasteiger partial charge in [0.15, 0.2) is 0 Å². The first kappa shape index (κ1) is 16.7. The maximum absolute atomic E-state index is 13.1. The van der Waals surface area contributed by atoms with E-state index in [9.17, 15) is 4.39 Å². The molecule has 0 radical (unpaired) electrons. The fourth-order valence-corrected chi connectivity index (χ4v) is 3.28. The average molecular weight is 365 g/mol. The van der Waals surface area contributed by atoms with Gasteiger partial charge in [0.25, 0.3) is 0 Å². The van der Waals surface area contributed by atoms with Crippen molar-refractivity contribution in [3.05, 3.63) is 64.4 Å². The quantitative estimate of drug-likeness (QED) is 0.622. The zero-order chi connectivity index (χ0) is 16.9. The predicted octanol–water partition coefficient (Wildman–Crippen LogP) is 3.81. The van der Waals surface area contributed by atoms with E-state index >= 15 is 0 Å². The van der Waals surface area contributed by atoms with Crippen molar-refractivity contribution < 1.29 is 9.13 Å². The number of hydrogen-bond acceptors (Lipinski definition) is 5. The molecule has 0 aliphatic heterocycles. The number of rotatable bonds is 6. The van der Waals surface area contributed by atoms with Crippen molar-refractivity contribution in [2.24, 2.45) is 0 Å². The molecule has 8 heteroatoms. The van der Waals surface area contributed by atoms with Gasteiger partial charge in [-0.25, -0.2) is 9.07 Å². The third kappa shape index (κ3) is 4.04. The van der Waals surface area contributed by atoms with Crippen molar-refractivity contribution in [3.8, 4) is 5.75 Å². The molecule has 0 atom stereocenters. The lowest BCUT2D eigenvalue weighted by Gasteiger charge is -2.06. The molecule has 1 aromatic heterocycles. The van der Waals surface area contributed by atoms with E-state index in [1.807, 2.05) is 24.3 Å². The van der Waals surface area contributed by atoms with Gasteiger partial charge in [0.1, 0.15) is 11.6 Å². The van der Waals surface area contributed by atoms with E-state index in [0.29, 0.717) is 22.5 Å². The molecular weight excluding hydrogens is 351 g/mol. The first-order valence-corrected chi connectivity index (χ1v) is 8.48. The molecule has 0 saturated heterocycles. The third-order valence-electron chi connectivity index (χ3n) is 3.36. The molecule has 0 amide bonds. The predicted molar refractivity (Wildman–Crippen MR) is 90.9 cm³/mol. The van der Waals surface area contributed by atoms with Crippen LogP contribution in [0.3, 0.4) is 0 Å². The van der Waals surface area contributed by atoms with E-state index < -0.39 is 0 Å². The number of thioether (sulfide) groups is 1. The van der Waals surface area contributed by atoms with Crippen LogP contribution in [0.15, 0.2) is 47.6 Å². The Kier molecular flexibility index (Phi) is 5.32. The van der Waals surface area contributed by atoms with E-state index in [1.165, 1.54) is 23.9 Å². The molecule has 0 fully saturated rings. The van der Waals surface area contributed by atoms with Crippen LogP contribution in [0, 0.1) is 5.82 Å². The van der Waals surface area contributed by atoms with Crippen LogP contribution in [0.4, 0.5) is 4.39 Å². The maximum atomic E-state index is 13.1. The Labute approximate surface area is 147 Å². The number of aromatic nitrogens is 4. The van der Waals surface area contributed by atoms with Crippen molar-refractivity contribution in [1.29, 1.82) is 0 Å². The molecule has 0 aliphatic rings. The molecule has 2 aromatic carbocycles. The minimum absolute atomic E-state index is 0.349. The monoisotopic (exact) mass is 364 g/mol. The highest BCUT2D eigenvalue weighted by Gasteiger charge is 2.10. The number of tetrazole rings is 1. The van der Waals surface area contributed by atoms with Crippen molar-refractivity contribution in [2.45, 2.75) is 17.5 Å². The molecule has 124 valence electrons. The molecule has 5 nitrogen and oxygen atoms in total. The number of ether oxygens (including phenoxy) is 1. The fraction of sp³-hybridized carbons (Fsp3) is 0.188. The van der Waals surface area contributed by atoms with Gasteiger partial charge in [-0.3, -0.25) is 0 Å². The molecule has 1 heterocycles. The lowest BCUT2D eigenvalue weighted by atomic mass is 10.2. The number of hydrogen-bond donors (Lipinski definition) is 0. The van der Waals surface area contributed by atoms with Crippen LogP contribution in [0.5, 0.6) is 5.75 Å². The highest BCUT2D eigenvalue weighted by molar-refractivity contribution is 7.98. The summed E-state index contributed by atoms with van der Waals surface area (Å²) < 4.78 is 19.9. The largest absolute Gasteiger partial charge is 0.497 e. The lowest BCUT2D eigenvalue weighted by molar-refractivity contribution is 0.414. The zero-order valence-corrected chi connectivity index (χ0v) is 14.4. The molecule has 3 rings (SSSR count). The van der Waals surface area contributed by atoms with Crippen LogP contribution in [-0.4, -0.2) is 27.3 Å². The van der Waals surface area contributed by atoms with E-state index in [4.69, 9.17) is 16.3 Å². The first-order chi connectivity index (χ1) is 11.7. The minimum Gasteiger partial charge on any atom is -0.497 e. The van der Waals surface area contributed by atoms with Gasteiger partial charge in [-0.05, 0) is 45.8 Å². The Morgan fingerprint density at radius 1 is 1.21 bits per heavy atom. The van der Waals surface area contributed by atoms with E-state index in [0.717, 1.165) is 16.9 Å². The van der Waals surface area contributed by atoms with Crippen molar-refractivity contribution in [3.63, 3.8) is 0 Å². The molecule has 0 spiro atoms. The third-order valence-corrected chi connectivity index (χ3v) is 4.72. The Bertz CT molecular complexity index is 825. The summed E-state index contributed by atoms with van der Waals surface area (Å²) in [6.45, 7) is 0.552. The van der Waals surface area contributed by atoms with Gasteiger partial charge < -0.3 is 4.74 Å². The molecule has 0 unspecified atom stereocenters. The highest BCUT2D eigenvalue weighted by Crippen LogP contribution is 2.26. The topological polar surface area (TPSA) is 52.8 Å². The summed E-state index contributed by atoms with van der Waals surface area (Å²) in [5.41, 5.74) is 1.90. The summed E-state index contributed by atoms with van der Waals surface area (Å²) in [6, 6.07) is 12.1. The van der Waals surface area contributed by atoms with E-state index in [-0.39, 0.29) is 5.82 Å². The SMILES string of the molecule is COc1ccc(Cn2nnnc2SCc2ccc(F)cc2Cl)cc1. The molecular formula is C16H14ClFN4OS. The van der Waals surface area contributed by atoms with Crippen LogP contribution in [0.2, 0.25) is 5.02 Å². The molecule has 3 aromatic rings. The Hall–Kier alpha value is -2.12. The number of methoxy groups -OCH3 is 1. The molecule has 0 bridgehead atoms. The number of halogens is 2. The summed E-state index contributed by atoms with van der Waals surface area (Å²) in [6.07, 6.45) is 0. The van der Waals surface area contributed by atoms with Crippen LogP contribution < -0.4 is 4.74 Å². The van der Waals surface area contributed by atoms with Crippen LogP contribution in [0.1, 0.15) is 11.1 Å². The zero-order valence-electron chi connectivity index (χ0n) is 12.8. The van der Waals surface area contributed by atoms with Crippen LogP contribution in [-0.2, 0) is 12.3 Å². The number of nitrogens with zero attached hydrogens (tertiary/aromatic N) is 4. The van der Waals surface area contributed by atoms with Gasteiger partial charge >= 0.3 is 0 Å². The summed E-state index contributed by atoms with van der Waals surface area (Å²) in [5.74, 6) is 1.01. The van der Waals surface area contributed by atoms with Gasteiger partial charge in [-0.1, -0.05) is 41.6 Å². The van der Waals surface area contributed by atoms with Gasteiger partial charge in [-0.15, -0.1) is 5.10 Å². The van der Waals surface area contributed by atoms with Gasteiger partial charge in [0, 0.05) is 10.8 Å². The second kappa shape index (κ2) is 7.63. The molecule has 24 heavy (non-hydrogen) atoms. The Morgan fingerprint density at radius 2 is 2.00 bits per heavy atom. The van der Waals surface area contributed by atoms with Gasteiger partial charge in [0.05, 0.1) is 13.7 Å². The Balaban J connectivity index is 1.68. The van der Waals surface area contributed by atoms with E-state index in [2.05, 4.69) is 15.5 Å². The smallest absolute Gasteiger partial charge is 0.209 e. The summed E-state index contributed by atoms with van der Waals surface area (Å²) >= 11 is 7.49. The van der Waals surface area contributed by atoms with Gasteiger partial charge in [0.2, 0.25) is 5.16 Å². The molecule has 0 aliphatic carbocycles. The highest BCUT2D eigenvalue weighted by atomic mass is 35.5. The van der Waals surface area contributed by atoms with E-state index in [1.54, 1.807) is 17.9 Å². The van der Waals surface area contributed by atoms with Gasteiger partial charge in [-0.2, -0.15) is 0 Å². The fourth-order valence-electron chi connectivity index (χ4n) is 2.08. The van der Waals surface area contributed by atoms with Crippen molar-refractivity contribution in [1.82, 2.24) is 20.2 Å². The second-order valence-electron chi connectivity index (χ2n) is 4.99. The first-order valence-electron chi connectivity index (χ1n) is 7.11. The second-order valence-corrected chi connectivity index (χ2v) is 6.34. The average Bonchev–Trinajstić information content (AvgIpc) is 3.02. The summed E-state index contributed by atoms with van der Waals surface area (Å²) in [7, 11) is 1.63. The lowest BCUT2D eigenvalue weighted by Crippen LogP contribution is -2.04. The Morgan fingerprint density at radius 3 is 2.71 bits per heavy atom. The summed E-state index contributed by atoms with van der Waals surface area (Å²) in [5, 5.41) is 12.8. The van der Waals surface area contributed by atoms with Crippen LogP contribution in [0.25, 0.3) is 0 Å². The summed E-state index contributed by atoms with van der Waals surface area (Å²) in [4.78, 5) is 0. The number of benzene rings is 2. The van der Waals surface area contributed by atoms with Crippen LogP contribution >= 0.6 is 23.4 Å².